The van der Waals surface area contributed by atoms with E-state index in [2.05, 4.69) is 35.7 Å². The lowest BCUT2D eigenvalue weighted by Crippen LogP contribution is -2.12. The first kappa shape index (κ1) is 14.4. The van der Waals surface area contributed by atoms with Crippen molar-refractivity contribution in [3.63, 3.8) is 0 Å². The lowest BCUT2D eigenvalue weighted by Gasteiger charge is -2.02. The van der Waals surface area contributed by atoms with Gasteiger partial charge in [-0.15, -0.1) is 0 Å². The van der Waals surface area contributed by atoms with Crippen molar-refractivity contribution in [2.75, 3.05) is 5.32 Å². The highest BCUT2D eigenvalue weighted by molar-refractivity contribution is 6.06. The third-order valence-electron chi connectivity index (χ3n) is 4.19. The molecule has 3 aromatic heterocycles. The van der Waals surface area contributed by atoms with Crippen LogP contribution >= 0.6 is 0 Å². The van der Waals surface area contributed by atoms with Crippen LogP contribution in [-0.4, -0.2) is 36.3 Å². The van der Waals surface area contributed by atoms with Crippen molar-refractivity contribution >= 4 is 33.7 Å². The number of imidazole rings is 1. The highest BCUT2D eigenvalue weighted by atomic mass is 16.1. The van der Waals surface area contributed by atoms with Gasteiger partial charge in [-0.05, 0) is 30.3 Å². The molecular weight excluding hydrogens is 330 g/mol. The molecule has 3 heterocycles. The SMILES string of the molecule is O=C(Nc1ccn[nH]1)c1ccc2c(-c3nc4ccccc4[nH]3)n[nH]c2c1. The van der Waals surface area contributed by atoms with Crippen molar-refractivity contribution in [1.82, 2.24) is 30.4 Å². The Balaban J connectivity index is 1.52. The van der Waals surface area contributed by atoms with Crippen molar-refractivity contribution in [2.24, 2.45) is 0 Å². The van der Waals surface area contributed by atoms with Crippen LogP contribution in [0.5, 0.6) is 0 Å². The van der Waals surface area contributed by atoms with Crippen LogP contribution in [0.15, 0.2) is 54.7 Å². The van der Waals surface area contributed by atoms with Crippen molar-refractivity contribution < 1.29 is 4.79 Å². The van der Waals surface area contributed by atoms with Gasteiger partial charge in [-0.25, -0.2) is 4.98 Å². The van der Waals surface area contributed by atoms with Gasteiger partial charge in [0.15, 0.2) is 5.82 Å². The number of aromatic amines is 3. The normalized spacial score (nSPS) is 11.2. The van der Waals surface area contributed by atoms with E-state index in [1.807, 2.05) is 30.3 Å². The zero-order valence-corrected chi connectivity index (χ0v) is 13.4. The number of H-pyrrole nitrogens is 3. The highest BCUT2D eigenvalue weighted by Gasteiger charge is 2.14. The lowest BCUT2D eigenvalue weighted by molar-refractivity contribution is 0.102. The van der Waals surface area contributed by atoms with Gasteiger partial charge in [0, 0.05) is 17.0 Å². The third kappa shape index (κ3) is 2.32. The standard InChI is InChI=1S/C18H13N7O/c26-18(22-15-7-8-19-24-15)10-5-6-11-14(9-10)23-25-16(11)17-20-12-3-1-2-4-13(12)21-17/h1-9H,(H,20,21)(H,23,25)(H2,19,22,24,26). The van der Waals surface area contributed by atoms with Crippen molar-refractivity contribution in [2.45, 2.75) is 0 Å². The molecule has 0 fully saturated rings. The molecule has 26 heavy (non-hydrogen) atoms. The molecule has 4 N–H and O–H groups in total. The fourth-order valence-corrected chi connectivity index (χ4v) is 2.93. The second-order valence-corrected chi connectivity index (χ2v) is 5.86. The molecule has 0 radical (unpaired) electrons. The number of nitrogens with zero attached hydrogens (tertiary/aromatic N) is 3. The van der Waals surface area contributed by atoms with Crippen LogP contribution in [0.25, 0.3) is 33.5 Å². The molecule has 2 aromatic carbocycles. The molecule has 0 saturated carbocycles. The Labute approximate surface area is 146 Å². The van der Waals surface area contributed by atoms with Gasteiger partial charge in [0.05, 0.1) is 22.7 Å². The molecule has 0 spiro atoms. The van der Waals surface area contributed by atoms with E-state index < -0.39 is 0 Å². The average Bonchev–Trinajstić information content (AvgIpc) is 3.39. The maximum absolute atomic E-state index is 12.3. The Hall–Kier alpha value is -3.94. The van der Waals surface area contributed by atoms with E-state index in [0.717, 1.165) is 27.6 Å². The van der Waals surface area contributed by atoms with Crippen molar-refractivity contribution in [1.29, 1.82) is 0 Å². The molecule has 8 heteroatoms. The first-order valence-corrected chi connectivity index (χ1v) is 8.02. The van der Waals surface area contributed by atoms with E-state index in [1.165, 1.54) is 0 Å². The Kier molecular flexibility index (Phi) is 3.08. The summed E-state index contributed by atoms with van der Waals surface area (Å²) in [4.78, 5) is 20.2. The van der Waals surface area contributed by atoms with Gasteiger partial charge in [0.25, 0.3) is 5.91 Å². The van der Waals surface area contributed by atoms with Crippen LogP contribution in [-0.2, 0) is 0 Å². The Morgan fingerprint density at radius 3 is 2.77 bits per heavy atom. The van der Waals surface area contributed by atoms with Gasteiger partial charge < -0.3 is 10.3 Å². The fraction of sp³-hybridized carbons (Fsp3) is 0. The Morgan fingerprint density at radius 2 is 1.92 bits per heavy atom. The smallest absolute Gasteiger partial charge is 0.256 e. The Morgan fingerprint density at radius 1 is 1.00 bits per heavy atom. The molecule has 5 rings (SSSR count). The van der Waals surface area contributed by atoms with Crippen LogP contribution in [0.1, 0.15) is 10.4 Å². The maximum Gasteiger partial charge on any atom is 0.256 e. The van der Waals surface area contributed by atoms with Crippen molar-refractivity contribution in [3.8, 4) is 11.5 Å². The number of nitrogens with one attached hydrogen (secondary N) is 4. The molecular formula is C18H13N7O. The molecule has 1 amide bonds. The van der Waals surface area contributed by atoms with Crippen LogP contribution in [0, 0.1) is 0 Å². The molecule has 0 aliphatic heterocycles. The number of para-hydroxylation sites is 2. The van der Waals surface area contributed by atoms with E-state index in [0.29, 0.717) is 17.2 Å². The number of hydrogen-bond acceptors (Lipinski definition) is 4. The minimum Gasteiger partial charge on any atom is -0.337 e. The molecule has 0 saturated heterocycles. The van der Waals surface area contributed by atoms with E-state index in [-0.39, 0.29) is 5.91 Å². The summed E-state index contributed by atoms with van der Waals surface area (Å²) < 4.78 is 0. The average molecular weight is 343 g/mol. The quantitative estimate of drug-likeness (QED) is 0.403. The first-order valence-electron chi connectivity index (χ1n) is 8.02. The number of fused-ring (bicyclic) bond motifs is 2. The second kappa shape index (κ2) is 5.55. The van der Waals surface area contributed by atoms with Gasteiger partial charge in [0.1, 0.15) is 11.5 Å². The molecule has 0 aliphatic rings. The van der Waals surface area contributed by atoms with Gasteiger partial charge >= 0.3 is 0 Å². The molecule has 5 aromatic rings. The van der Waals surface area contributed by atoms with E-state index in [4.69, 9.17) is 0 Å². The predicted octanol–water partition coefficient (Wildman–Crippen LogP) is 3.08. The summed E-state index contributed by atoms with van der Waals surface area (Å²) in [5.74, 6) is 1.01. The number of benzene rings is 2. The van der Waals surface area contributed by atoms with Crippen LogP contribution in [0.4, 0.5) is 5.82 Å². The van der Waals surface area contributed by atoms with Crippen LogP contribution in [0.3, 0.4) is 0 Å². The number of aromatic nitrogens is 6. The fourth-order valence-electron chi connectivity index (χ4n) is 2.93. The van der Waals surface area contributed by atoms with Crippen molar-refractivity contribution in [3.05, 3.63) is 60.3 Å². The summed E-state index contributed by atoms with van der Waals surface area (Å²) in [6.45, 7) is 0. The van der Waals surface area contributed by atoms with Gasteiger partial charge in [-0.3, -0.25) is 15.0 Å². The third-order valence-corrected chi connectivity index (χ3v) is 4.19. The second-order valence-electron chi connectivity index (χ2n) is 5.86. The summed E-state index contributed by atoms with van der Waals surface area (Å²) in [6, 6.07) is 14.9. The number of hydrogen-bond donors (Lipinski definition) is 4. The molecule has 0 aliphatic carbocycles. The molecule has 8 nitrogen and oxygen atoms in total. The zero-order chi connectivity index (χ0) is 17.5. The minimum absolute atomic E-state index is 0.226. The van der Waals surface area contributed by atoms with E-state index in [1.54, 1.807) is 24.4 Å². The molecule has 126 valence electrons. The molecule has 0 atom stereocenters. The highest BCUT2D eigenvalue weighted by Crippen LogP contribution is 2.26. The minimum atomic E-state index is -0.226. The zero-order valence-electron chi connectivity index (χ0n) is 13.4. The summed E-state index contributed by atoms with van der Waals surface area (Å²) in [5.41, 5.74) is 3.84. The summed E-state index contributed by atoms with van der Waals surface area (Å²) in [6.07, 6.45) is 1.58. The van der Waals surface area contributed by atoms with E-state index >= 15 is 0 Å². The Bertz CT molecular complexity index is 1200. The predicted molar refractivity (Wildman–Crippen MR) is 97.7 cm³/mol. The van der Waals surface area contributed by atoms with E-state index in [9.17, 15) is 4.79 Å². The molecule has 0 unspecified atom stereocenters. The first-order chi connectivity index (χ1) is 12.8. The van der Waals surface area contributed by atoms with Gasteiger partial charge in [-0.1, -0.05) is 12.1 Å². The number of anilines is 1. The summed E-state index contributed by atoms with van der Waals surface area (Å²) in [5, 5.41) is 17.5. The van der Waals surface area contributed by atoms with Crippen LogP contribution in [0.2, 0.25) is 0 Å². The number of carbonyl (C=O) groups excluding carboxylic acids is 1. The maximum atomic E-state index is 12.3. The summed E-state index contributed by atoms with van der Waals surface area (Å²) >= 11 is 0. The van der Waals surface area contributed by atoms with Crippen LogP contribution < -0.4 is 5.32 Å². The largest absolute Gasteiger partial charge is 0.337 e. The lowest BCUT2D eigenvalue weighted by atomic mass is 10.1. The monoisotopic (exact) mass is 343 g/mol. The number of carbonyl (C=O) groups is 1. The summed E-state index contributed by atoms with van der Waals surface area (Å²) in [7, 11) is 0. The number of rotatable bonds is 3. The van der Waals surface area contributed by atoms with Gasteiger partial charge in [0.2, 0.25) is 0 Å². The molecule has 0 bridgehead atoms. The number of amides is 1. The topological polar surface area (TPSA) is 115 Å². The van der Waals surface area contributed by atoms with Gasteiger partial charge in [-0.2, -0.15) is 10.2 Å².